The van der Waals surface area contributed by atoms with E-state index >= 15 is 0 Å². The van der Waals surface area contributed by atoms with Gasteiger partial charge in [-0.3, -0.25) is 4.98 Å². The smallest absolute Gasteiger partial charge is 0.0424 e. The predicted octanol–water partition coefficient (Wildman–Crippen LogP) is 5.01. The third-order valence-electron chi connectivity index (χ3n) is 4.55. The molecule has 3 rings (SSSR count). The molecule has 0 bridgehead atoms. The van der Waals surface area contributed by atoms with Gasteiger partial charge in [-0.25, -0.2) is 0 Å². The summed E-state index contributed by atoms with van der Waals surface area (Å²) in [6.07, 6.45) is 1.85. The molecule has 1 heterocycles. The quantitative estimate of drug-likeness (QED) is 0.603. The Morgan fingerprint density at radius 2 is 1.08 bits per heavy atom. The third-order valence-corrected chi connectivity index (χ3v) is 4.55. The fourth-order valence-electron chi connectivity index (χ4n) is 3.00. The first-order valence-electron chi connectivity index (χ1n) is 9.26. The molecule has 0 atom stereocenters. The van der Waals surface area contributed by atoms with Crippen LogP contribution in [0.2, 0.25) is 0 Å². The number of hydrogen-bond acceptors (Lipinski definition) is 3. The van der Waals surface area contributed by atoms with Crippen LogP contribution in [0.5, 0.6) is 0 Å². The minimum atomic E-state index is 0.892. The first kappa shape index (κ1) is 18.0. The van der Waals surface area contributed by atoms with Crippen molar-refractivity contribution in [3.05, 3.63) is 89.2 Å². The van der Waals surface area contributed by atoms with Crippen LogP contribution in [0.25, 0.3) is 0 Å². The molecule has 3 aromatic rings. The van der Waals surface area contributed by atoms with Crippen LogP contribution in [0.1, 0.15) is 22.5 Å². The fraction of sp³-hybridized carbons (Fsp3) is 0.261. The van der Waals surface area contributed by atoms with Crippen molar-refractivity contribution in [1.29, 1.82) is 0 Å². The van der Waals surface area contributed by atoms with E-state index in [1.54, 1.807) is 0 Å². The molecule has 0 aliphatic heterocycles. The van der Waals surface area contributed by atoms with Crippen molar-refractivity contribution in [3.8, 4) is 0 Å². The van der Waals surface area contributed by atoms with Gasteiger partial charge in [0.15, 0.2) is 0 Å². The van der Waals surface area contributed by atoms with E-state index in [2.05, 4.69) is 91.2 Å². The van der Waals surface area contributed by atoms with Gasteiger partial charge in [0.25, 0.3) is 0 Å². The molecule has 2 aromatic carbocycles. The topological polar surface area (TPSA) is 37.0 Å². The van der Waals surface area contributed by atoms with Crippen LogP contribution < -0.4 is 10.6 Å². The second kappa shape index (κ2) is 9.04. The van der Waals surface area contributed by atoms with Crippen LogP contribution in [-0.4, -0.2) is 18.1 Å². The van der Waals surface area contributed by atoms with E-state index in [1.165, 1.54) is 22.5 Å². The van der Waals surface area contributed by atoms with Gasteiger partial charge >= 0.3 is 0 Å². The molecular weight excluding hydrogens is 318 g/mol. The van der Waals surface area contributed by atoms with Crippen molar-refractivity contribution < 1.29 is 0 Å². The predicted molar refractivity (Wildman–Crippen MR) is 111 cm³/mol. The molecule has 3 nitrogen and oxygen atoms in total. The van der Waals surface area contributed by atoms with Crippen molar-refractivity contribution in [3.63, 3.8) is 0 Å². The SMILES string of the molecule is Cc1ccccc1NCCc1cccc(CCNc2ccccc2C)n1. The molecule has 0 spiro atoms. The lowest BCUT2D eigenvalue weighted by molar-refractivity contribution is 0.897. The fourth-order valence-corrected chi connectivity index (χ4v) is 3.00. The van der Waals surface area contributed by atoms with Crippen molar-refractivity contribution in [2.45, 2.75) is 26.7 Å². The van der Waals surface area contributed by atoms with Gasteiger partial charge < -0.3 is 10.6 Å². The second-order valence-electron chi connectivity index (χ2n) is 6.60. The normalized spacial score (nSPS) is 10.5. The van der Waals surface area contributed by atoms with Crippen molar-refractivity contribution >= 4 is 11.4 Å². The lowest BCUT2D eigenvalue weighted by Gasteiger charge is -2.11. The highest BCUT2D eigenvalue weighted by atomic mass is 14.9. The van der Waals surface area contributed by atoms with Crippen LogP contribution in [0.3, 0.4) is 0 Å². The van der Waals surface area contributed by atoms with Gasteiger partial charge in [0.05, 0.1) is 0 Å². The van der Waals surface area contributed by atoms with E-state index in [0.29, 0.717) is 0 Å². The molecular formula is C23H27N3. The monoisotopic (exact) mass is 345 g/mol. The van der Waals surface area contributed by atoms with Gasteiger partial charge in [-0.05, 0) is 49.2 Å². The first-order chi connectivity index (χ1) is 12.7. The maximum Gasteiger partial charge on any atom is 0.0424 e. The van der Waals surface area contributed by atoms with E-state index in [1.807, 2.05) is 0 Å². The molecule has 0 saturated carbocycles. The number of benzene rings is 2. The summed E-state index contributed by atoms with van der Waals surface area (Å²) < 4.78 is 0. The lowest BCUT2D eigenvalue weighted by Crippen LogP contribution is -2.10. The Morgan fingerprint density at radius 3 is 1.54 bits per heavy atom. The van der Waals surface area contributed by atoms with E-state index in [-0.39, 0.29) is 0 Å². The van der Waals surface area contributed by atoms with Crippen LogP contribution in [0.4, 0.5) is 11.4 Å². The summed E-state index contributed by atoms with van der Waals surface area (Å²) in [5.74, 6) is 0. The second-order valence-corrected chi connectivity index (χ2v) is 6.60. The summed E-state index contributed by atoms with van der Waals surface area (Å²) in [6, 6.07) is 23.1. The van der Waals surface area contributed by atoms with Crippen LogP contribution in [0, 0.1) is 13.8 Å². The Balaban J connectivity index is 1.48. The molecule has 134 valence electrons. The number of para-hydroxylation sites is 2. The Kier molecular flexibility index (Phi) is 6.26. The van der Waals surface area contributed by atoms with Gasteiger partial charge in [-0.2, -0.15) is 0 Å². The number of aryl methyl sites for hydroxylation is 2. The average molecular weight is 345 g/mol. The Bertz CT molecular complexity index is 775. The Labute approximate surface area is 156 Å². The molecule has 0 amide bonds. The molecule has 0 radical (unpaired) electrons. The van der Waals surface area contributed by atoms with Gasteiger partial charge in [0.2, 0.25) is 0 Å². The zero-order valence-corrected chi connectivity index (χ0v) is 15.6. The summed E-state index contributed by atoms with van der Waals surface area (Å²) in [5.41, 5.74) is 7.23. The van der Waals surface area contributed by atoms with E-state index in [0.717, 1.165) is 37.3 Å². The number of nitrogens with zero attached hydrogens (tertiary/aromatic N) is 1. The van der Waals surface area contributed by atoms with Crippen molar-refractivity contribution in [1.82, 2.24) is 4.98 Å². The van der Waals surface area contributed by atoms with Crippen molar-refractivity contribution in [2.75, 3.05) is 23.7 Å². The molecule has 0 fully saturated rings. The number of nitrogens with one attached hydrogen (secondary N) is 2. The largest absolute Gasteiger partial charge is 0.384 e. The molecule has 0 aliphatic rings. The minimum Gasteiger partial charge on any atom is -0.384 e. The van der Waals surface area contributed by atoms with Gasteiger partial charge in [-0.15, -0.1) is 0 Å². The maximum absolute atomic E-state index is 4.80. The zero-order chi connectivity index (χ0) is 18.2. The number of aromatic nitrogens is 1. The molecule has 26 heavy (non-hydrogen) atoms. The first-order valence-corrected chi connectivity index (χ1v) is 9.26. The van der Waals surface area contributed by atoms with Crippen LogP contribution >= 0.6 is 0 Å². The highest BCUT2D eigenvalue weighted by molar-refractivity contribution is 5.51. The van der Waals surface area contributed by atoms with Gasteiger partial charge in [0, 0.05) is 48.7 Å². The van der Waals surface area contributed by atoms with Crippen molar-refractivity contribution in [2.24, 2.45) is 0 Å². The minimum absolute atomic E-state index is 0.892. The molecule has 0 unspecified atom stereocenters. The average Bonchev–Trinajstić information content (AvgIpc) is 2.65. The molecule has 3 heteroatoms. The number of hydrogen-bond donors (Lipinski definition) is 2. The molecule has 1 aromatic heterocycles. The standard InChI is InChI=1S/C23H27N3/c1-18-8-3-5-12-22(18)24-16-14-20-10-7-11-21(26-20)15-17-25-23-13-6-4-9-19(23)2/h3-13,24-25H,14-17H2,1-2H3. The zero-order valence-electron chi connectivity index (χ0n) is 15.6. The number of pyridine rings is 1. The summed E-state index contributed by atoms with van der Waals surface area (Å²) in [4.78, 5) is 4.80. The maximum atomic E-state index is 4.80. The summed E-state index contributed by atoms with van der Waals surface area (Å²) in [7, 11) is 0. The van der Waals surface area contributed by atoms with E-state index < -0.39 is 0 Å². The molecule has 0 saturated heterocycles. The summed E-state index contributed by atoms with van der Waals surface area (Å²) in [6.45, 7) is 6.04. The van der Waals surface area contributed by atoms with E-state index in [4.69, 9.17) is 4.98 Å². The lowest BCUT2D eigenvalue weighted by atomic mass is 10.2. The summed E-state index contributed by atoms with van der Waals surface area (Å²) in [5, 5.41) is 7.00. The van der Waals surface area contributed by atoms with E-state index in [9.17, 15) is 0 Å². The third kappa shape index (κ3) is 5.09. The van der Waals surface area contributed by atoms with Gasteiger partial charge in [-0.1, -0.05) is 42.5 Å². The van der Waals surface area contributed by atoms with Gasteiger partial charge in [0.1, 0.15) is 0 Å². The highest BCUT2D eigenvalue weighted by Crippen LogP contribution is 2.14. The Morgan fingerprint density at radius 1 is 0.615 bits per heavy atom. The van der Waals surface area contributed by atoms with Crippen LogP contribution in [-0.2, 0) is 12.8 Å². The summed E-state index contributed by atoms with van der Waals surface area (Å²) >= 11 is 0. The molecule has 2 N–H and O–H groups in total. The molecule has 0 aliphatic carbocycles. The van der Waals surface area contributed by atoms with Crippen LogP contribution in [0.15, 0.2) is 66.7 Å². The number of anilines is 2. The number of rotatable bonds is 8. The Hall–Kier alpha value is -2.81. The highest BCUT2D eigenvalue weighted by Gasteiger charge is 2.01.